The Labute approximate surface area is 224 Å². The lowest BCUT2D eigenvalue weighted by Crippen LogP contribution is -2.46. The number of aromatic nitrogens is 2. The van der Waals surface area contributed by atoms with E-state index in [2.05, 4.69) is 58.6 Å². The lowest BCUT2D eigenvalue weighted by molar-refractivity contribution is -0.117. The zero-order chi connectivity index (χ0) is 27.1. The average Bonchev–Trinajstić information content (AvgIpc) is 3.31. The van der Waals surface area contributed by atoms with Crippen molar-refractivity contribution < 1.29 is 9.59 Å². The molecule has 1 fully saturated rings. The SMILES string of the molecule is C=CC(=O)N[C@@H]1CCCN(Cc2ccnc(C(=O)Nc3ccc(-c4c/c(=C(\C)CCC)c(=C)[nH]4)cc3)c2)C1. The third kappa shape index (κ3) is 6.86. The molecule has 3 aromatic rings. The molecule has 0 bridgehead atoms. The van der Waals surface area contributed by atoms with E-state index in [0.29, 0.717) is 17.9 Å². The first-order valence-corrected chi connectivity index (χ1v) is 13.3. The van der Waals surface area contributed by atoms with E-state index >= 15 is 0 Å². The molecule has 0 unspecified atom stereocenters. The maximum Gasteiger partial charge on any atom is 0.274 e. The molecular formula is C31H37N5O2. The molecule has 1 atom stereocenters. The molecule has 0 spiro atoms. The Balaban J connectivity index is 1.39. The minimum atomic E-state index is -0.249. The molecule has 1 aliphatic rings. The van der Waals surface area contributed by atoms with Crippen LogP contribution in [0.1, 0.15) is 55.6 Å². The molecule has 0 saturated carbocycles. The van der Waals surface area contributed by atoms with Gasteiger partial charge in [-0.3, -0.25) is 19.5 Å². The summed E-state index contributed by atoms with van der Waals surface area (Å²) in [7, 11) is 0. The predicted molar refractivity (Wildman–Crippen MR) is 154 cm³/mol. The molecule has 0 radical (unpaired) electrons. The number of H-pyrrole nitrogens is 1. The molecule has 7 nitrogen and oxygen atoms in total. The summed E-state index contributed by atoms with van der Waals surface area (Å²) in [5.41, 5.74) is 5.47. The van der Waals surface area contributed by atoms with E-state index in [9.17, 15) is 9.59 Å². The van der Waals surface area contributed by atoms with Crippen molar-refractivity contribution in [1.29, 1.82) is 0 Å². The molecule has 0 aliphatic carbocycles. The summed E-state index contributed by atoms with van der Waals surface area (Å²) in [4.78, 5) is 34.6. The topological polar surface area (TPSA) is 90.1 Å². The fourth-order valence-electron chi connectivity index (χ4n) is 5.00. The zero-order valence-electron chi connectivity index (χ0n) is 22.3. The van der Waals surface area contributed by atoms with Crippen LogP contribution in [0.25, 0.3) is 23.4 Å². The summed E-state index contributed by atoms with van der Waals surface area (Å²) >= 11 is 0. The number of carbonyl (C=O) groups excluding carboxylic acids is 2. The standard InChI is InChI=1S/C31H37N5O2/c1-5-8-21(3)27-18-28(33-22(27)4)24-10-12-25(13-11-24)35-31(38)29-17-23(14-15-32-29)19-36-16-7-9-26(20-36)34-30(37)6-2/h6,10-15,17-18,26,33H,2,4-5,7-9,16,19-20H2,1,3H3,(H,34,37)(H,35,38)/b27-21-/t26-/m1/s1. The van der Waals surface area contributed by atoms with E-state index in [-0.39, 0.29) is 17.9 Å². The minimum Gasteiger partial charge on any atom is -0.355 e. The quantitative estimate of drug-likeness (QED) is 0.379. The Morgan fingerprint density at radius 1 is 1.21 bits per heavy atom. The first-order valence-electron chi connectivity index (χ1n) is 13.3. The van der Waals surface area contributed by atoms with Gasteiger partial charge in [0.15, 0.2) is 0 Å². The van der Waals surface area contributed by atoms with Crippen LogP contribution in [-0.4, -0.2) is 45.8 Å². The van der Waals surface area contributed by atoms with E-state index in [4.69, 9.17) is 0 Å². The summed E-state index contributed by atoms with van der Waals surface area (Å²) in [5, 5.41) is 8.04. The number of nitrogens with zero attached hydrogens (tertiary/aromatic N) is 2. The van der Waals surface area contributed by atoms with Gasteiger partial charge in [-0.1, -0.05) is 44.2 Å². The van der Waals surface area contributed by atoms with Gasteiger partial charge >= 0.3 is 0 Å². The Hall–Kier alpha value is -3.97. The van der Waals surface area contributed by atoms with Crippen molar-refractivity contribution in [3.05, 3.63) is 83.1 Å². The second-order valence-electron chi connectivity index (χ2n) is 9.97. The maximum atomic E-state index is 12.9. The molecule has 38 heavy (non-hydrogen) atoms. The molecule has 3 heterocycles. The largest absolute Gasteiger partial charge is 0.355 e. The van der Waals surface area contributed by atoms with Gasteiger partial charge in [-0.15, -0.1) is 0 Å². The smallest absolute Gasteiger partial charge is 0.274 e. The third-order valence-electron chi connectivity index (χ3n) is 6.94. The zero-order valence-corrected chi connectivity index (χ0v) is 22.3. The van der Waals surface area contributed by atoms with Crippen LogP contribution in [0, 0.1) is 0 Å². The lowest BCUT2D eigenvalue weighted by Gasteiger charge is -2.33. The molecule has 7 heteroatoms. The maximum absolute atomic E-state index is 12.9. The van der Waals surface area contributed by atoms with E-state index < -0.39 is 0 Å². The molecule has 4 rings (SSSR count). The van der Waals surface area contributed by atoms with Crippen LogP contribution in [0.5, 0.6) is 0 Å². The second kappa shape index (κ2) is 12.5. The van der Waals surface area contributed by atoms with Crippen molar-refractivity contribution >= 4 is 29.7 Å². The molecule has 198 valence electrons. The Morgan fingerprint density at radius 2 is 2.00 bits per heavy atom. The summed E-state index contributed by atoms with van der Waals surface area (Å²) in [6, 6.07) is 13.8. The van der Waals surface area contributed by atoms with Crippen molar-refractivity contribution in [3.8, 4) is 11.3 Å². The number of rotatable bonds is 9. The normalized spacial score (nSPS) is 16.5. The van der Waals surface area contributed by atoms with Crippen molar-refractivity contribution in [3.63, 3.8) is 0 Å². The van der Waals surface area contributed by atoms with Gasteiger partial charge in [-0.25, -0.2) is 0 Å². The number of nitrogens with one attached hydrogen (secondary N) is 3. The van der Waals surface area contributed by atoms with Crippen LogP contribution in [0.3, 0.4) is 0 Å². The van der Waals surface area contributed by atoms with E-state index in [1.165, 1.54) is 16.9 Å². The third-order valence-corrected chi connectivity index (χ3v) is 6.94. The highest BCUT2D eigenvalue weighted by molar-refractivity contribution is 6.03. The van der Waals surface area contributed by atoms with Gasteiger partial charge in [0.25, 0.3) is 5.91 Å². The number of aromatic amines is 1. The number of hydrogen-bond acceptors (Lipinski definition) is 4. The van der Waals surface area contributed by atoms with E-state index in [1.807, 2.05) is 36.4 Å². The minimum absolute atomic E-state index is 0.109. The van der Waals surface area contributed by atoms with Crippen LogP contribution in [-0.2, 0) is 11.3 Å². The first-order chi connectivity index (χ1) is 18.4. The van der Waals surface area contributed by atoms with Gasteiger partial charge in [0.05, 0.1) is 0 Å². The van der Waals surface area contributed by atoms with Gasteiger partial charge in [0.1, 0.15) is 5.69 Å². The van der Waals surface area contributed by atoms with Gasteiger partial charge < -0.3 is 15.6 Å². The Bertz CT molecular complexity index is 1410. The number of likely N-dealkylation sites (tertiary alicyclic amines) is 1. The molecule has 1 aliphatic heterocycles. The van der Waals surface area contributed by atoms with Crippen LogP contribution >= 0.6 is 0 Å². The van der Waals surface area contributed by atoms with E-state index in [0.717, 1.165) is 60.9 Å². The summed E-state index contributed by atoms with van der Waals surface area (Å²) in [6.07, 6.45) is 7.09. The highest BCUT2D eigenvalue weighted by atomic mass is 16.2. The van der Waals surface area contributed by atoms with Crippen molar-refractivity contribution in [1.82, 2.24) is 20.2 Å². The highest BCUT2D eigenvalue weighted by Crippen LogP contribution is 2.19. The number of pyridine rings is 1. The Morgan fingerprint density at radius 3 is 2.74 bits per heavy atom. The number of benzene rings is 1. The fourth-order valence-corrected chi connectivity index (χ4v) is 5.00. The summed E-state index contributed by atoms with van der Waals surface area (Å²) in [6.45, 7) is 14.4. The number of carbonyl (C=O) groups is 2. The predicted octanol–water partition coefficient (Wildman–Crippen LogP) is 3.98. The fraction of sp³-hybridized carbons (Fsp3) is 0.323. The van der Waals surface area contributed by atoms with Crippen molar-refractivity contribution in [2.45, 2.75) is 52.1 Å². The van der Waals surface area contributed by atoms with Gasteiger partial charge in [0.2, 0.25) is 5.91 Å². The molecule has 2 amide bonds. The van der Waals surface area contributed by atoms with Crippen LogP contribution in [0.2, 0.25) is 0 Å². The Kier molecular flexibility index (Phi) is 8.92. The van der Waals surface area contributed by atoms with Crippen molar-refractivity contribution in [2.24, 2.45) is 0 Å². The van der Waals surface area contributed by atoms with E-state index in [1.54, 1.807) is 6.20 Å². The van der Waals surface area contributed by atoms with Gasteiger partial charge in [-0.05, 0) is 85.5 Å². The van der Waals surface area contributed by atoms with Gasteiger partial charge in [0, 0.05) is 42.1 Å². The molecule has 1 aromatic carbocycles. The lowest BCUT2D eigenvalue weighted by atomic mass is 10.0. The molecule has 2 aromatic heterocycles. The monoisotopic (exact) mass is 511 g/mol. The van der Waals surface area contributed by atoms with Gasteiger partial charge in [-0.2, -0.15) is 0 Å². The highest BCUT2D eigenvalue weighted by Gasteiger charge is 2.21. The summed E-state index contributed by atoms with van der Waals surface area (Å²) < 4.78 is 0. The molecular weight excluding hydrogens is 474 g/mol. The average molecular weight is 512 g/mol. The summed E-state index contributed by atoms with van der Waals surface area (Å²) in [5.74, 6) is -0.389. The second-order valence-corrected chi connectivity index (χ2v) is 9.97. The number of anilines is 1. The first kappa shape index (κ1) is 27.1. The van der Waals surface area contributed by atoms with Crippen molar-refractivity contribution in [2.75, 3.05) is 18.4 Å². The number of hydrogen-bond donors (Lipinski definition) is 3. The van der Waals surface area contributed by atoms with Crippen LogP contribution in [0.4, 0.5) is 5.69 Å². The molecule has 3 N–H and O–H groups in total. The number of amides is 2. The number of piperidine rings is 1. The molecule has 1 saturated heterocycles. The van der Waals surface area contributed by atoms with Crippen LogP contribution < -0.4 is 21.2 Å². The van der Waals surface area contributed by atoms with Crippen LogP contribution in [0.15, 0.2) is 61.3 Å².